The SMILES string of the molecule is CC(Oc1ccc(Oc2ncc(Cl)cc2F)cc1)C(=O)O.[Na]. The summed E-state index contributed by atoms with van der Waals surface area (Å²) in [7, 11) is 0. The average Bonchev–Trinajstić information content (AvgIpc) is 2.43. The van der Waals surface area contributed by atoms with Crippen LogP contribution in [-0.4, -0.2) is 51.7 Å². The average molecular weight is 335 g/mol. The number of hydrogen-bond acceptors (Lipinski definition) is 4. The topological polar surface area (TPSA) is 68.7 Å². The summed E-state index contributed by atoms with van der Waals surface area (Å²) in [6.07, 6.45) is 0.304. The Morgan fingerprint density at radius 1 is 1.32 bits per heavy atom. The van der Waals surface area contributed by atoms with Crippen LogP contribution in [0.15, 0.2) is 36.5 Å². The standard InChI is InChI=1S/C14H11ClFNO4.Na/c1-8(14(18)19)20-10-2-4-11(5-3-10)21-13-12(16)6-9(15)7-17-13;/h2-8H,1H3,(H,18,19);. The smallest absolute Gasteiger partial charge is 0.344 e. The fraction of sp³-hybridized carbons (Fsp3) is 0.143. The van der Waals surface area contributed by atoms with Crippen LogP contribution in [0.3, 0.4) is 0 Å². The number of hydrogen-bond donors (Lipinski definition) is 1. The van der Waals surface area contributed by atoms with Crippen LogP contribution in [0.4, 0.5) is 4.39 Å². The molecule has 8 heteroatoms. The molecule has 2 aromatic rings. The number of carboxylic acid groups (broad SMARTS) is 1. The molecule has 0 spiro atoms. The Morgan fingerprint density at radius 2 is 1.91 bits per heavy atom. The molecule has 0 saturated heterocycles. The van der Waals surface area contributed by atoms with E-state index in [-0.39, 0.29) is 40.5 Å². The Balaban J connectivity index is 0.00000242. The molecule has 111 valence electrons. The quantitative estimate of drug-likeness (QED) is 0.851. The molecule has 0 bridgehead atoms. The third kappa shape index (κ3) is 5.14. The summed E-state index contributed by atoms with van der Waals surface area (Å²) in [5.41, 5.74) is 0. The molecule has 1 N–H and O–H groups in total. The molecular weight excluding hydrogens is 324 g/mol. The maximum absolute atomic E-state index is 13.5. The fourth-order valence-electron chi connectivity index (χ4n) is 1.43. The van der Waals surface area contributed by atoms with Gasteiger partial charge < -0.3 is 14.6 Å². The van der Waals surface area contributed by atoms with E-state index in [1.54, 1.807) is 0 Å². The van der Waals surface area contributed by atoms with Crippen molar-refractivity contribution in [3.8, 4) is 17.4 Å². The second-order valence-electron chi connectivity index (χ2n) is 4.11. The van der Waals surface area contributed by atoms with Gasteiger partial charge in [-0.2, -0.15) is 0 Å². The van der Waals surface area contributed by atoms with Gasteiger partial charge in [-0.1, -0.05) is 11.6 Å². The van der Waals surface area contributed by atoms with Gasteiger partial charge in [0, 0.05) is 35.8 Å². The summed E-state index contributed by atoms with van der Waals surface area (Å²) < 4.78 is 23.9. The van der Waals surface area contributed by atoms with Crippen LogP contribution < -0.4 is 9.47 Å². The van der Waals surface area contributed by atoms with Crippen molar-refractivity contribution in [2.24, 2.45) is 0 Å². The molecule has 5 nitrogen and oxygen atoms in total. The fourth-order valence-corrected chi connectivity index (χ4v) is 1.57. The molecule has 1 unspecified atom stereocenters. The summed E-state index contributed by atoms with van der Waals surface area (Å²) >= 11 is 5.59. The van der Waals surface area contributed by atoms with E-state index in [4.69, 9.17) is 26.2 Å². The molecule has 0 aliphatic rings. The number of rotatable bonds is 5. The maximum atomic E-state index is 13.5. The van der Waals surface area contributed by atoms with Crippen molar-refractivity contribution >= 4 is 47.1 Å². The monoisotopic (exact) mass is 334 g/mol. The Bertz CT molecular complexity index is 654. The Morgan fingerprint density at radius 3 is 2.45 bits per heavy atom. The van der Waals surface area contributed by atoms with Crippen LogP contribution in [-0.2, 0) is 4.79 Å². The van der Waals surface area contributed by atoms with E-state index < -0.39 is 17.9 Å². The number of ether oxygens (including phenoxy) is 2. The minimum absolute atomic E-state index is 0. The van der Waals surface area contributed by atoms with E-state index in [1.165, 1.54) is 37.4 Å². The normalized spacial score (nSPS) is 11.2. The minimum atomic E-state index is -1.07. The molecule has 2 rings (SSSR count). The van der Waals surface area contributed by atoms with E-state index in [0.717, 1.165) is 6.07 Å². The van der Waals surface area contributed by atoms with Crippen LogP contribution in [0.5, 0.6) is 17.4 Å². The van der Waals surface area contributed by atoms with Crippen molar-refractivity contribution in [2.45, 2.75) is 13.0 Å². The van der Waals surface area contributed by atoms with E-state index in [2.05, 4.69) is 4.98 Å². The Hall–Kier alpha value is -1.34. The molecule has 1 radical (unpaired) electrons. The van der Waals surface area contributed by atoms with Crippen molar-refractivity contribution in [3.05, 3.63) is 47.4 Å². The van der Waals surface area contributed by atoms with Crippen LogP contribution in [0.2, 0.25) is 5.02 Å². The van der Waals surface area contributed by atoms with Gasteiger partial charge in [0.15, 0.2) is 11.9 Å². The molecule has 0 fully saturated rings. The van der Waals surface area contributed by atoms with Gasteiger partial charge in [-0.25, -0.2) is 14.2 Å². The van der Waals surface area contributed by atoms with E-state index in [0.29, 0.717) is 11.5 Å². The van der Waals surface area contributed by atoms with Crippen LogP contribution >= 0.6 is 11.6 Å². The van der Waals surface area contributed by atoms with Crippen LogP contribution in [0.25, 0.3) is 0 Å². The molecular formula is C14H11ClFNNaO4. The Labute approximate surface area is 153 Å². The number of benzene rings is 1. The molecule has 0 saturated carbocycles. The van der Waals surface area contributed by atoms with Gasteiger partial charge in [-0.3, -0.25) is 0 Å². The molecule has 22 heavy (non-hydrogen) atoms. The van der Waals surface area contributed by atoms with Crippen molar-refractivity contribution in [1.29, 1.82) is 0 Å². The van der Waals surface area contributed by atoms with Gasteiger partial charge >= 0.3 is 5.97 Å². The third-order valence-electron chi connectivity index (χ3n) is 2.47. The van der Waals surface area contributed by atoms with E-state index >= 15 is 0 Å². The second kappa shape index (κ2) is 8.33. The largest absolute Gasteiger partial charge is 0.479 e. The molecule has 0 aliphatic heterocycles. The molecule has 0 aliphatic carbocycles. The number of carboxylic acids is 1. The van der Waals surface area contributed by atoms with Crippen molar-refractivity contribution in [2.75, 3.05) is 0 Å². The minimum Gasteiger partial charge on any atom is -0.479 e. The Kier molecular flexibility index (Phi) is 7.09. The number of carbonyl (C=O) groups is 1. The number of nitrogens with zero attached hydrogens (tertiary/aromatic N) is 1. The van der Waals surface area contributed by atoms with Crippen molar-refractivity contribution in [1.82, 2.24) is 4.98 Å². The van der Waals surface area contributed by atoms with Crippen molar-refractivity contribution in [3.63, 3.8) is 0 Å². The van der Waals surface area contributed by atoms with Crippen LogP contribution in [0.1, 0.15) is 6.92 Å². The van der Waals surface area contributed by atoms with E-state index in [9.17, 15) is 9.18 Å². The van der Waals surface area contributed by atoms with Gasteiger partial charge in [0.25, 0.3) is 5.88 Å². The van der Waals surface area contributed by atoms with E-state index in [1.807, 2.05) is 0 Å². The number of halogens is 2. The molecule has 1 atom stereocenters. The zero-order valence-corrected chi connectivity index (χ0v) is 14.7. The molecule has 1 heterocycles. The summed E-state index contributed by atoms with van der Waals surface area (Å²) in [6.45, 7) is 1.42. The zero-order valence-electron chi connectivity index (χ0n) is 11.9. The first-order valence-corrected chi connectivity index (χ1v) is 6.32. The summed E-state index contributed by atoms with van der Waals surface area (Å²) in [5, 5.41) is 8.91. The number of aromatic nitrogens is 1. The zero-order chi connectivity index (χ0) is 15.4. The molecule has 0 amide bonds. The predicted molar refractivity (Wildman–Crippen MR) is 79.2 cm³/mol. The molecule has 1 aromatic heterocycles. The first-order chi connectivity index (χ1) is 9.95. The van der Waals surface area contributed by atoms with Crippen molar-refractivity contribution < 1.29 is 23.8 Å². The number of aliphatic carboxylic acids is 1. The van der Waals surface area contributed by atoms with Gasteiger partial charge in [-0.15, -0.1) is 0 Å². The maximum Gasteiger partial charge on any atom is 0.344 e. The number of pyridine rings is 1. The van der Waals surface area contributed by atoms with Gasteiger partial charge in [0.2, 0.25) is 0 Å². The van der Waals surface area contributed by atoms with Crippen LogP contribution in [0, 0.1) is 5.82 Å². The first-order valence-electron chi connectivity index (χ1n) is 5.94. The van der Waals surface area contributed by atoms with Gasteiger partial charge in [0.1, 0.15) is 11.5 Å². The van der Waals surface area contributed by atoms with Gasteiger partial charge in [0.05, 0.1) is 5.02 Å². The summed E-state index contributed by atoms with van der Waals surface area (Å²) in [5.74, 6) is -1.25. The third-order valence-corrected chi connectivity index (χ3v) is 2.68. The summed E-state index contributed by atoms with van der Waals surface area (Å²) in [4.78, 5) is 14.4. The molecule has 1 aromatic carbocycles. The predicted octanol–water partition coefficient (Wildman–Crippen LogP) is 3.14. The van der Waals surface area contributed by atoms with Gasteiger partial charge in [-0.05, 0) is 37.3 Å². The first kappa shape index (κ1) is 18.7. The summed E-state index contributed by atoms with van der Waals surface area (Å²) in [6, 6.07) is 7.15. The second-order valence-corrected chi connectivity index (χ2v) is 4.55.